The average molecular weight is 300 g/mol. The molecule has 0 saturated carbocycles. The minimum Gasteiger partial charge on any atom is -0.379 e. The highest BCUT2D eigenvalue weighted by molar-refractivity contribution is 5.20. The van der Waals surface area contributed by atoms with E-state index >= 15 is 0 Å². The Kier molecular flexibility index (Phi) is 5.21. The molecule has 2 aromatic rings. The normalized spacial score (nSPS) is 17.5. The van der Waals surface area contributed by atoms with Gasteiger partial charge in [0.05, 0.1) is 19.4 Å². The van der Waals surface area contributed by atoms with Gasteiger partial charge in [0.1, 0.15) is 0 Å². The molecule has 5 nitrogen and oxygen atoms in total. The zero-order valence-electron chi connectivity index (χ0n) is 13.1. The summed E-state index contributed by atoms with van der Waals surface area (Å²) in [6.45, 7) is 7.46. The molecule has 1 atom stereocenters. The van der Waals surface area contributed by atoms with Gasteiger partial charge < -0.3 is 10.1 Å². The Balaban J connectivity index is 1.64. The number of aromatic amines is 1. The highest BCUT2D eigenvalue weighted by atomic mass is 16.5. The molecule has 1 fully saturated rings. The molecule has 1 aromatic carbocycles. The summed E-state index contributed by atoms with van der Waals surface area (Å²) in [5, 5.41) is 10.6. The van der Waals surface area contributed by atoms with Crippen LogP contribution in [0.1, 0.15) is 22.9 Å². The van der Waals surface area contributed by atoms with E-state index < -0.39 is 0 Å². The van der Waals surface area contributed by atoms with Crippen molar-refractivity contribution in [1.82, 2.24) is 20.4 Å². The van der Waals surface area contributed by atoms with E-state index in [0.29, 0.717) is 6.04 Å². The number of nitrogens with one attached hydrogen (secondary N) is 2. The number of H-pyrrole nitrogens is 1. The molecule has 0 amide bonds. The summed E-state index contributed by atoms with van der Waals surface area (Å²) in [7, 11) is 0. The molecule has 1 aromatic heterocycles. The molecule has 0 aliphatic carbocycles. The summed E-state index contributed by atoms with van der Waals surface area (Å²) in [5.74, 6) is 0. The van der Waals surface area contributed by atoms with Gasteiger partial charge in [-0.05, 0) is 12.5 Å². The number of ether oxygens (including phenoxy) is 1. The van der Waals surface area contributed by atoms with Crippen molar-refractivity contribution in [2.75, 3.05) is 32.8 Å². The van der Waals surface area contributed by atoms with Crippen molar-refractivity contribution in [3.63, 3.8) is 0 Å². The lowest BCUT2D eigenvalue weighted by Gasteiger charge is -2.35. The smallest absolute Gasteiger partial charge is 0.0594 e. The molecule has 2 N–H and O–H groups in total. The van der Waals surface area contributed by atoms with Crippen molar-refractivity contribution in [3.8, 4) is 0 Å². The first-order chi connectivity index (χ1) is 10.8. The largest absolute Gasteiger partial charge is 0.379 e. The Bertz CT molecular complexity index is 563. The number of nitrogens with zero attached hydrogens (tertiary/aromatic N) is 2. The standard InChI is InChI=1S/C17H24N4O/c1-14-16(12-19-20-14)11-18-13-17(15-5-3-2-4-6-15)21-7-9-22-10-8-21/h2-6,12,17-18H,7-11,13H2,1H3,(H,19,20)/t17-/m1/s1. The lowest BCUT2D eigenvalue weighted by atomic mass is 10.0. The maximum Gasteiger partial charge on any atom is 0.0594 e. The Morgan fingerprint density at radius 3 is 2.73 bits per heavy atom. The first kappa shape index (κ1) is 15.2. The van der Waals surface area contributed by atoms with Gasteiger partial charge in [-0.2, -0.15) is 5.10 Å². The molecule has 1 aliphatic heterocycles. The second-order valence-corrected chi connectivity index (χ2v) is 5.73. The number of hydrogen-bond acceptors (Lipinski definition) is 4. The fraction of sp³-hybridized carbons (Fsp3) is 0.471. The van der Waals surface area contributed by atoms with Gasteiger partial charge in [-0.3, -0.25) is 10.00 Å². The van der Waals surface area contributed by atoms with Crippen molar-refractivity contribution < 1.29 is 4.74 Å². The van der Waals surface area contributed by atoms with E-state index in [9.17, 15) is 0 Å². The van der Waals surface area contributed by atoms with E-state index in [4.69, 9.17) is 4.74 Å². The summed E-state index contributed by atoms with van der Waals surface area (Å²) in [6.07, 6.45) is 1.90. The van der Waals surface area contributed by atoms with E-state index in [0.717, 1.165) is 45.1 Å². The zero-order chi connectivity index (χ0) is 15.2. The second kappa shape index (κ2) is 7.54. The summed E-state index contributed by atoms with van der Waals surface area (Å²) in [6, 6.07) is 11.1. The van der Waals surface area contributed by atoms with Crippen LogP contribution < -0.4 is 5.32 Å². The van der Waals surface area contributed by atoms with Crippen LogP contribution >= 0.6 is 0 Å². The van der Waals surface area contributed by atoms with Crippen molar-refractivity contribution in [2.24, 2.45) is 0 Å². The second-order valence-electron chi connectivity index (χ2n) is 5.73. The van der Waals surface area contributed by atoms with Gasteiger partial charge in [0.15, 0.2) is 0 Å². The number of benzene rings is 1. The minimum absolute atomic E-state index is 0.386. The van der Waals surface area contributed by atoms with E-state index in [2.05, 4.69) is 57.7 Å². The van der Waals surface area contributed by atoms with E-state index in [1.54, 1.807) is 0 Å². The van der Waals surface area contributed by atoms with Gasteiger partial charge in [-0.15, -0.1) is 0 Å². The van der Waals surface area contributed by atoms with Gasteiger partial charge in [-0.1, -0.05) is 30.3 Å². The molecule has 2 heterocycles. The molecule has 0 spiro atoms. The zero-order valence-corrected chi connectivity index (χ0v) is 13.1. The molecule has 118 valence electrons. The van der Waals surface area contributed by atoms with E-state index in [-0.39, 0.29) is 0 Å². The predicted molar refractivity (Wildman–Crippen MR) is 86.6 cm³/mol. The number of aryl methyl sites for hydroxylation is 1. The predicted octanol–water partition coefficient (Wildman–Crippen LogP) is 1.88. The number of hydrogen-bond donors (Lipinski definition) is 2. The summed E-state index contributed by atoms with van der Waals surface area (Å²) in [4.78, 5) is 2.51. The molecule has 0 radical (unpaired) electrons. The maximum absolute atomic E-state index is 5.49. The van der Waals surface area contributed by atoms with Gasteiger partial charge in [0.2, 0.25) is 0 Å². The average Bonchev–Trinajstić information content (AvgIpc) is 2.98. The van der Waals surface area contributed by atoms with Gasteiger partial charge >= 0.3 is 0 Å². The van der Waals surface area contributed by atoms with Crippen molar-refractivity contribution in [3.05, 3.63) is 53.3 Å². The molecule has 0 unspecified atom stereocenters. The SMILES string of the molecule is Cc1[nH]ncc1CNC[C@H](c1ccccc1)N1CCOCC1. The summed E-state index contributed by atoms with van der Waals surface area (Å²) in [5.41, 5.74) is 3.73. The van der Waals surface area contributed by atoms with Crippen LogP contribution in [0.3, 0.4) is 0 Å². The van der Waals surface area contributed by atoms with Crippen LogP contribution in [-0.4, -0.2) is 47.9 Å². The van der Waals surface area contributed by atoms with Gasteiger partial charge in [0.25, 0.3) is 0 Å². The summed E-state index contributed by atoms with van der Waals surface area (Å²) >= 11 is 0. The third-order valence-corrected chi connectivity index (χ3v) is 4.26. The number of aromatic nitrogens is 2. The highest BCUT2D eigenvalue weighted by Crippen LogP contribution is 2.21. The first-order valence-electron chi connectivity index (χ1n) is 7.91. The van der Waals surface area contributed by atoms with Crippen molar-refractivity contribution in [1.29, 1.82) is 0 Å². The molecule has 1 aliphatic rings. The van der Waals surface area contributed by atoms with Crippen LogP contribution in [0.2, 0.25) is 0 Å². The van der Waals surface area contributed by atoms with Gasteiger partial charge in [0, 0.05) is 43.5 Å². The molecule has 22 heavy (non-hydrogen) atoms. The van der Waals surface area contributed by atoms with Crippen LogP contribution in [0.4, 0.5) is 0 Å². The summed E-state index contributed by atoms with van der Waals surface area (Å²) < 4.78 is 5.49. The van der Waals surface area contributed by atoms with E-state index in [1.807, 2.05) is 6.20 Å². The monoisotopic (exact) mass is 300 g/mol. The highest BCUT2D eigenvalue weighted by Gasteiger charge is 2.22. The maximum atomic E-state index is 5.49. The lowest BCUT2D eigenvalue weighted by molar-refractivity contribution is 0.0161. The van der Waals surface area contributed by atoms with Crippen LogP contribution in [0, 0.1) is 6.92 Å². The van der Waals surface area contributed by atoms with Gasteiger partial charge in [-0.25, -0.2) is 0 Å². The van der Waals surface area contributed by atoms with Crippen LogP contribution in [0.15, 0.2) is 36.5 Å². The molecule has 1 saturated heterocycles. The van der Waals surface area contributed by atoms with Crippen LogP contribution in [0.5, 0.6) is 0 Å². The third kappa shape index (κ3) is 3.74. The number of rotatable bonds is 6. The molecular formula is C17H24N4O. The fourth-order valence-corrected chi connectivity index (χ4v) is 2.92. The molecular weight excluding hydrogens is 276 g/mol. The Morgan fingerprint density at radius 2 is 2.05 bits per heavy atom. The topological polar surface area (TPSA) is 53.2 Å². The van der Waals surface area contributed by atoms with Crippen LogP contribution in [0.25, 0.3) is 0 Å². The first-order valence-corrected chi connectivity index (χ1v) is 7.91. The third-order valence-electron chi connectivity index (χ3n) is 4.26. The number of morpholine rings is 1. The Morgan fingerprint density at radius 1 is 1.27 bits per heavy atom. The lowest BCUT2D eigenvalue weighted by Crippen LogP contribution is -2.42. The Labute approximate surface area is 131 Å². The molecule has 0 bridgehead atoms. The fourth-order valence-electron chi connectivity index (χ4n) is 2.92. The van der Waals surface area contributed by atoms with Crippen molar-refractivity contribution in [2.45, 2.75) is 19.5 Å². The Hall–Kier alpha value is -1.69. The molecule has 5 heteroatoms. The molecule has 3 rings (SSSR count). The van der Waals surface area contributed by atoms with Crippen molar-refractivity contribution >= 4 is 0 Å². The van der Waals surface area contributed by atoms with Crippen LogP contribution in [-0.2, 0) is 11.3 Å². The quantitative estimate of drug-likeness (QED) is 0.855. The minimum atomic E-state index is 0.386. The van der Waals surface area contributed by atoms with E-state index in [1.165, 1.54) is 11.1 Å².